The molecule has 0 spiro atoms. The fraction of sp³-hybridized carbons (Fsp3) is 1.00. The minimum atomic E-state index is -1.49. The summed E-state index contributed by atoms with van der Waals surface area (Å²) in [5.74, 6) is 0. The van der Waals surface area contributed by atoms with Gasteiger partial charge in [0.05, 0.1) is 0 Å². The molecule has 0 unspecified atom stereocenters. The van der Waals surface area contributed by atoms with Crippen LogP contribution in [0.15, 0.2) is 0 Å². The quantitative estimate of drug-likeness (QED) is 0.288. The van der Waals surface area contributed by atoms with E-state index >= 15 is 0 Å². The van der Waals surface area contributed by atoms with Gasteiger partial charge in [0.15, 0.2) is 6.29 Å². The second kappa shape index (κ2) is 3.65. The zero-order chi connectivity index (χ0) is 9.30. The normalized spacial score (nSPS) is 49.2. The topological polar surface area (TPSA) is 116 Å². The Morgan fingerprint density at radius 3 is 2.08 bits per heavy atom. The Balaban J connectivity index is 2.63. The van der Waals surface area contributed by atoms with Crippen molar-refractivity contribution in [3.8, 4) is 0 Å². The molecule has 0 radical (unpaired) electrons. The summed E-state index contributed by atoms with van der Waals surface area (Å²) in [4.78, 5) is 0. The molecule has 0 aliphatic carbocycles. The van der Waals surface area contributed by atoms with Gasteiger partial charge >= 0.3 is 0 Å². The number of ether oxygens (including phenoxy) is 1. The zero-order valence-corrected chi connectivity index (χ0v) is 6.37. The Labute approximate surface area is 69.2 Å². The molecule has 72 valence electrons. The average Bonchev–Trinajstić information content (AvgIpc) is 2.08. The van der Waals surface area contributed by atoms with Crippen LogP contribution in [0.1, 0.15) is 0 Å². The molecular weight excluding hydrogens is 166 g/mol. The summed E-state index contributed by atoms with van der Waals surface area (Å²) in [6.07, 6.45) is -6.48. The molecule has 1 rings (SSSR count). The van der Waals surface area contributed by atoms with Gasteiger partial charge in [0.25, 0.3) is 0 Å². The van der Waals surface area contributed by atoms with Gasteiger partial charge < -0.3 is 30.9 Å². The molecule has 0 bridgehead atoms. The lowest BCUT2D eigenvalue weighted by Crippen LogP contribution is -2.59. The molecule has 0 saturated carbocycles. The van der Waals surface area contributed by atoms with E-state index < -0.39 is 30.7 Å². The largest absolute Gasteiger partial charge is 0.388 e. The maximum absolute atomic E-state index is 9.20. The van der Waals surface area contributed by atoms with Gasteiger partial charge in [0, 0.05) is 6.54 Å². The third kappa shape index (κ3) is 1.58. The molecule has 6 heteroatoms. The van der Waals surface area contributed by atoms with Gasteiger partial charge in [-0.2, -0.15) is 0 Å². The van der Waals surface area contributed by atoms with E-state index in [1.54, 1.807) is 0 Å². The zero-order valence-electron chi connectivity index (χ0n) is 6.37. The third-order valence-corrected chi connectivity index (χ3v) is 1.92. The number of aliphatic hydroxyl groups excluding tert-OH is 4. The number of nitrogens with two attached hydrogens (primary N) is 1. The van der Waals surface area contributed by atoms with Crippen LogP contribution in [0.2, 0.25) is 0 Å². The molecule has 1 heterocycles. The summed E-state index contributed by atoms with van der Waals surface area (Å²) in [5, 5.41) is 36.3. The Kier molecular flexibility index (Phi) is 2.99. The molecular formula is C6H13NO5. The van der Waals surface area contributed by atoms with E-state index in [9.17, 15) is 5.11 Å². The Bertz CT molecular complexity index is 150. The molecule has 1 aliphatic heterocycles. The van der Waals surface area contributed by atoms with E-state index in [1.165, 1.54) is 0 Å². The van der Waals surface area contributed by atoms with Crippen molar-refractivity contribution in [2.75, 3.05) is 6.54 Å². The predicted octanol–water partition coefficient (Wildman–Crippen LogP) is -3.25. The highest BCUT2D eigenvalue weighted by molar-refractivity contribution is 4.88. The van der Waals surface area contributed by atoms with E-state index in [2.05, 4.69) is 0 Å². The van der Waals surface area contributed by atoms with Crippen molar-refractivity contribution in [1.29, 1.82) is 0 Å². The smallest absolute Gasteiger partial charge is 0.184 e. The first-order valence-corrected chi connectivity index (χ1v) is 3.65. The molecule has 1 saturated heterocycles. The molecule has 1 aliphatic rings. The molecule has 6 N–H and O–H groups in total. The first-order chi connectivity index (χ1) is 5.57. The second-order valence-corrected chi connectivity index (χ2v) is 2.77. The minimum absolute atomic E-state index is 0.0258. The van der Waals surface area contributed by atoms with Gasteiger partial charge in [-0.1, -0.05) is 0 Å². The van der Waals surface area contributed by atoms with Crippen LogP contribution in [0.3, 0.4) is 0 Å². The maximum Gasteiger partial charge on any atom is 0.184 e. The van der Waals surface area contributed by atoms with Crippen molar-refractivity contribution in [3.63, 3.8) is 0 Å². The highest BCUT2D eigenvalue weighted by Crippen LogP contribution is 2.18. The van der Waals surface area contributed by atoms with Gasteiger partial charge in [-0.3, -0.25) is 0 Å². The van der Waals surface area contributed by atoms with Crippen molar-refractivity contribution >= 4 is 0 Å². The number of rotatable bonds is 1. The summed E-state index contributed by atoms with van der Waals surface area (Å²) in [7, 11) is 0. The monoisotopic (exact) mass is 179 g/mol. The summed E-state index contributed by atoms with van der Waals surface area (Å²) >= 11 is 0. The van der Waals surface area contributed by atoms with Crippen molar-refractivity contribution in [2.24, 2.45) is 5.73 Å². The van der Waals surface area contributed by atoms with Crippen LogP contribution in [-0.4, -0.2) is 57.7 Å². The van der Waals surface area contributed by atoms with Gasteiger partial charge in [-0.15, -0.1) is 0 Å². The van der Waals surface area contributed by atoms with Gasteiger partial charge in [-0.25, -0.2) is 0 Å². The SMILES string of the molecule is NC[C@@H]1O[C@@H](O)[C@@H](O)[C@H](O)[C@H]1O. The summed E-state index contributed by atoms with van der Waals surface area (Å²) < 4.78 is 4.70. The van der Waals surface area contributed by atoms with Gasteiger partial charge in [0.2, 0.25) is 0 Å². The van der Waals surface area contributed by atoms with E-state index in [4.69, 9.17) is 25.8 Å². The molecule has 5 atom stereocenters. The van der Waals surface area contributed by atoms with E-state index in [-0.39, 0.29) is 6.54 Å². The molecule has 0 aromatic heterocycles. The van der Waals surface area contributed by atoms with Crippen molar-refractivity contribution in [1.82, 2.24) is 0 Å². The summed E-state index contributed by atoms with van der Waals surface area (Å²) in [6.45, 7) is -0.0258. The molecule has 0 aromatic carbocycles. The minimum Gasteiger partial charge on any atom is -0.388 e. The summed E-state index contributed by atoms with van der Waals surface area (Å²) in [5.41, 5.74) is 5.17. The van der Waals surface area contributed by atoms with Crippen LogP contribution < -0.4 is 5.73 Å². The lowest BCUT2D eigenvalue weighted by molar-refractivity contribution is -0.279. The molecule has 12 heavy (non-hydrogen) atoms. The van der Waals surface area contributed by atoms with Crippen molar-refractivity contribution in [3.05, 3.63) is 0 Å². The summed E-state index contributed by atoms with van der Waals surface area (Å²) in [6, 6.07) is 0. The first-order valence-electron chi connectivity index (χ1n) is 3.65. The standard InChI is InChI=1S/C6H13NO5/c7-1-2-3(8)4(9)5(10)6(11)12-2/h2-6,8-11H,1,7H2/t2-,3-,4+,5-,6+/m0/s1. The Hall–Kier alpha value is -0.240. The van der Waals surface area contributed by atoms with Crippen LogP contribution in [0.4, 0.5) is 0 Å². The molecule has 0 aromatic rings. The van der Waals surface area contributed by atoms with Crippen LogP contribution in [0.25, 0.3) is 0 Å². The average molecular weight is 179 g/mol. The lowest BCUT2D eigenvalue weighted by atomic mass is 9.99. The van der Waals surface area contributed by atoms with Crippen LogP contribution in [0.5, 0.6) is 0 Å². The lowest BCUT2D eigenvalue weighted by Gasteiger charge is -2.37. The van der Waals surface area contributed by atoms with Gasteiger partial charge in [0.1, 0.15) is 24.4 Å². The fourth-order valence-corrected chi connectivity index (χ4v) is 1.13. The van der Waals surface area contributed by atoms with Crippen LogP contribution >= 0.6 is 0 Å². The molecule has 0 amide bonds. The number of hydrogen-bond donors (Lipinski definition) is 5. The highest BCUT2D eigenvalue weighted by atomic mass is 16.6. The third-order valence-electron chi connectivity index (χ3n) is 1.92. The predicted molar refractivity (Wildman–Crippen MR) is 38.0 cm³/mol. The Morgan fingerprint density at radius 2 is 1.58 bits per heavy atom. The van der Waals surface area contributed by atoms with Crippen molar-refractivity contribution < 1.29 is 25.2 Å². The second-order valence-electron chi connectivity index (χ2n) is 2.77. The Morgan fingerprint density at radius 1 is 1.00 bits per heavy atom. The number of hydrogen-bond acceptors (Lipinski definition) is 6. The fourth-order valence-electron chi connectivity index (χ4n) is 1.13. The number of aliphatic hydroxyl groups is 4. The van der Waals surface area contributed by atoms with Crippen LogP contribution in [0, 0.1) is 0 Å². The van der Waals surface area contributed by atoms with Gasteiger partial charge in [-0.05, 0) is 0 Å². The highest BCUT2D eigenvalue weighted by Gasteiger charge is 2.42. The maximum atomic E-state index is 9.20. The first kappa shape index (κ1) is 9.85. The molecule has 1 fully saturated rings. The van der Waals surface area contributed by atoms with E-state index in [1.807, 2.05) is 0 Å². The van der Waals surface area contributed by atoms with Crippen LogP contribution in [-0.2, 0) is 4.74 Å². The van der Waals surface area contributed by atoms with Crippen molar-refractivity contribution in [2.45, 2.75) is 30.7 Å². The van der Waals surface area contributed by atoms with E-state index in [0.717, 1.165) is 0 Å². The van der Waals surface area contributed by atoms with E-state index in [0.29, 0.717) is 0 Å². The molecule has 6 nitrogen and oxygen atoms in total.